The molecule has 5 rings (SSSR count). The first-order valence-corrected chi connectivity index (χ1v) is 11.6. The maximum atomic E-state index is 11.6. The van der Waals surface area contributed by atoms with E-state index < -0.39 is 0 Å². The third kappa shape index (κ3) is 4.90. The van der Waals surface area contributed by atoms with Crippen LogP contribution < -0.4 is 14.8 Å². The van der Waals surface area contributed by atoms with Gasteiger partial charge in [-0.05, 0) is 48.0 Å². The lowest BCUT2D eigenvalue weighted by atomic mass is 10.0. The zero-order chi connectivity index (χ0) is 24.2. The molecule has 0 bridgehead atoms. The standard InChI is InChI=1S/C28H27N3O4/c1-19(32)30-25-6-4-3-5-24(25)20-7-10-22(11-8-20)31-26(13-15-29-31)21-9-12-27(33-2)28(17-21)35-23-14-16-34-18-23/h3-13,15,17,23H,14,16,18H2,1-2H3,(H,30,32)/t23-/m1/s1. The second kappa shape index (κ2) is 10.0. The fourth-order valence-corrected chi connectivity index (χ4v) is 4.26. The van der Waals surface area contributed by atoms with E-state index in [0.717, 1.165) is 40.2 Å². The first-order chi connectivity index (χ1) is 17.1. The molecule has 0 aliphatic carbocycles. The Balaban J connectivity index is 1.45. The summed E-state index contributed by atoms with van der Waals surface area (Å²) >= 11 is 0. The molecule has 1 fully saturated rings. The molecule has 1 aliphatic heterocycles. The van der Waals surface area contributed by atoms with Crippen LogP contribution in [0.25, 0.3) is 28.1 Å². The summed E-state index contributed by atoms with van der Waals surface area (Å²) in [6.07, 6.45) is 2.67. The Kier molecular flexibility index (Phi) is 6.50. The first kappa shape index (κ1) is 22.7. The van der Waals surface area contributed by atoms with E-state index in [4.69, 9.17) is 14.2 Å². The number of nitrogens with one attached hydrogen (secondary N) is 1. The van der Waals surface area contributed by atoms with Crippen LogP contribution in [0, 0.1) is 0 Å². The number of rotatable bonds is 7. The number of benzene rings is 3. The van der Waals surface area contributed by atoms with Gasteiger partial charge in [-0.2, -0.15) is 5.10 Å². The molecular formula is C28H27N3O4. The minimum absolute atomic E-state index is 0.0250. The topological polar surface area (TPSA) is 74.6 Å². The van der Waals surface area contributed by atoms with E-state index in [1.165, 1.54) is 6.92 Å². The van der Waals surface area contributed by atoms with E-state index >= 15 is 0 Å². The molecule has 2 heterocycles. The van der Waals surface area contributed by atoms with Crippen molar-refractivity contribution in [3.63, 3.8) is 0 Å². The molecular weight excluding hydrogens is 442 g/mol. The van der Waals surface area contributed by atoms with Crippen molar-refractivity contribution in [3.8, 4) is 39.6 Å². The molecule has 1 amide bonds. The Morgan fingerprint density at radius 2 is 1.83 bits per heavy atom. The lowest BCUT2D eigenvalue weighted by molar-refractivity contribution is -0.114. The molecule has 178 valence electrons. The summed E-state index contributed by atoms with van der Waals surface area (Å²) in [7, 11) is 1.64. The normalized spacial score (nSPS) is 15.1. The van der Waals surface area contributed by atoms with Crippen LogP contribution in [0.15, 0.2) is 79.0 Å². The maximum Gasteiger partial charge on any atom is 0.221 e. The molecule has 1 aromatic heterocycles. The Bertz CT molecular complexity index is 1320. The largest absolute Gasteiger partial charge is 0.493 e. The van der Waals surface area contributed by atoms with Gasteiger partial charge in [0.15, 0.2) is 11.5 Å². The number of hydrogen-bond acceptors (Lipinski definition) is 5. The van der Waals surface area contributed by atoms with Gasteiger partial charge in [-0.1, -0.05) is 30.3 Å². The summed E-state index contributed by atoms with van der Waals surface area (Å²) in [5.41, 5.74) is 5.58. The fourth-order valence-electron chi connectivity index (χ4n) is 4.26. The molecule has 0 saturated carbocycles. The molecule has 0 radical (unpaired) electrons. The smallest absolute Gasteiger partial charge is 0.221 e. The predicted octanol–water partition coefficient (Wildman–Crippen LogP) is 5.34. The average molecular weight is 470 g/mol. The molecule has 0 unspecified atom stereocenters. The Hall–Kier alpha value is -4.10. The van der Waals surface area contributed by atoms with E-state index in [0.29, 0.717) is 24.7 Å². The maximum absolute atomic E-state index is 11.6. The summed E-state index contributed by atoms with van der Waals surface area (Å²) in [5, 5.41) is 7.46. The number of para-hydroxylation sites is 1. The Labute approximate surface area is 204 Å². The number of ether oxygens (including phenoxy) is 3. The molecule has 1 atom stereocenters. The van der Waals surface area contributed by atoms with Gasteiger partial charge in [-0.15, -0.1) is 0 Å². The zero-order valence-corrected chi connectivity index (χ0v) is 19.7. The number of carbonyl (C=O) groups excluding carboxylic acids is 1. The van der Waals surface area contributed by atoms with Gasteiger partial charge in [0.05, 0.1) is 37.9 Å². The predicted molar refractivity (Wildman–Crippen MR) is 135 cm³/mol. The van der Waals surface area contributed by atoms with E-state index in [1.807, 2.05) is 77.5 Å². The van der Waals surface area contributed by atoms with E-state index in [9.17, 15) is 4.79 Å². The van der Waals surface area contributed by atoms with Gasteiger partial charge in [0.25, 0.3) is 0 Å². The summed E-state index contributed by atoms with van der Waals surface area (Å²) in [6.45, 7) is 2.81. The Morgan fingerprint density at radius 3 is 2.57 bits per heavy atom. The van der Waals surface area contributed by atoms with Gasteiger partial charge in [0.2, 0.25) is 5.91 Å². The van der Waals surface area contributed by atoms with Crippen molar-refractivity contribution in [2.24, 2.45) is 0 Å². The number of aromatic nitrogens is 2. The number of amides is 1. The van der Waals surface area contributed by atoms with Crippen molar-refractivity contribution in [3.05, 3.63) is 79.0 Å². The van der Waals surface area contributed by atoms with Crippen molar-refractivity contribution in [1.29, 1.82) is 0 Å². The highest BCUT2D eigenvalue weighted by atomic mass is 16.6. The zero-order valence-electron chi connectivity index (χ0n) is 19.7. The van der Waals surface area contributed by atoms with Crippen molar-refractivity contribution in [1.82, 2.24) is 9.78 Å². The lowest BCUT2D eigenvalue weighted by Crippen LogP contribution is -2.16. The summed E-state index contributed by atoms with van der Waals surface area (Å²) in [5.74, 6) is 1.28. The molecule has 7 heteroatoms. The highest BCUT2D eigenvalue weighted by molar-refractivity contribution is 5.94. The number of anilines is 1. The molecule has 1 saturated heterocycles. The van der Waals surface area contributed by atoms with Crippen molar-refractivity contribution < 1.29 is 19.0 Å². The van der Waals surface area contributed by atoms with E-state index in [2.05, 4.69) is 10.4 Å². The van der Waals surface area contributed by atoms with E-state index in [-0.39, 0.29) is 12.0 Å². The lowest BCUT2D eigenvalue weighted by Gasteiger charge is -2.16. The molecule has 1 N–H and O–H groups in total. The molecule has 4 aromatic rings. The molecule has 0 spiro atoms. The highest BCUT2D eigenvalue weighted by Crippen LogP contribution is 2.35. The van der Waals surface area contributed by atoms with Crippen LogP contribution in [0.4, 0.5) is 5.69 Å². The van der Waals surface area contributed by atoms with Gasteiger partial charge >= 0.3 is 0 Å². The first-order valence-electron chi connectivity index (χ1n) is 11.6. The quantitative estimate of drug-likeness (QED) is 0.395. The van der Waals surface area contributed by atoms with Crippen molar-refractivity contribution >= 4 is 11.6 Å². The van der Waals surface area contributed by atoms with Crippen molar-refractivity contribution in [2.45, 2.75) is 19.4 Å². The van der Waals surface area contributed by atoms with Crippen molar-refractivity contribution in [2.75, 3.05) is 25.6 Å². The Morgan fingerprint density at radius 1 is 1.03 bits per heavy atom. The van der Waals surface area contributed by atoms with Crippen LogP contribution in [0.5, 0.6) is 11.5 Å². The van der Waals surface area contributed by atoms with Crippen LogP contribution >= 0.6 is 0 Å². The van der Waals surface area contributed by atoms with Gasteiger partial charge in [0.1, 0.15) is 6.10 Å². The SMILES string of the molecule is COc1ccc(-c2ccnn2-c2ccc(-c3ccccc3NC(C)=O)cc2)cc1O[C@@H]1CCOC1. The third-order valence-electron chi connectivity index (χ3n) is 5.94. The molecule has 1 aliphatic rings. The summed E-state index contributed by atoms with van der Waals surface area (Å²) in [4.78, 5) is 11.6. The second-order valence-corrected chi connectivity index (χ2v) is 8.37. The van der Waals surface area contributed by atoms with Gasteiger partial charge in [-0.25, -0.2) is 4.68 Å². The van der Waals surface area contributed by atoms with Crippen LogP contribution in [0.2, 0.25) is 0 Å². The molecule has 7 nitrogen and oxygen atoms in total. The monoisotopic (exact) mass is 469 g/mol. The molecule has 3 aromatic carbocycles. The number of nitrogens with zero attached hydrogens (tertiary/aromatic N) is 2. The van der Waals surface area contributed by atoms with Crippen LogP contribution in [-0.2, 0) is 9.53 Å². The summed E-state index contributed by atoms with van der Waals surface area (Å²) < 4.78 is 19.0. The van der Waals surface area contributed by atoms with Crippen LogP contribution in [0.1, 0.15) is 13.3 Å². The van der Waals surface area contributed by atoms with Gasteiger partial charge in [0, 0.05) is 30.2 Å². The van der Waals surface area contributed by atoms with Gasteiger partial charge < -0.3 is 19.5 Å². The number of hydrogen-bond donors (Lipinski definition) is 1. The van der Waals surface area contributed by atoms with Crippen LogP contribution in [0.3, 0.4) is 0 Å². The second-order valence-electron chi connectivity index (χ2n) is 8.37. The number of methoxy groups -OCH3 is 1. The minimum atomic E-state index is -0.0986. The number of carbonyl (C=O) groups is 1. The highest BCUT2D eigenvalue weighted by Gasteiger charge is 2.20. The van der Waals surface area contributed by atoms with Gasteiger partial charge in [-0.3, -0.25) is 4.79 Å². The third-order valence-corrected chi connectivity index (χ3v) is 5.94. The average Bonchev–Trinajstić information content (AvgIpc) is 3.57. The van der Waals surface area contributed by atoms with E-state index in [1.54, 1.807) is 13.3 Å². The fraction of sp³-hybridized carbons (Fsp3) is 0.214. The van der Waals surface area contributed by atoms with Crippen LogP contribution in [-0.4, -0.2) is 42.1 Å². The summed E-state index contributed by atoms with van der Waals surface area (Å²) in [6, 6.07) is 23.8. The molecule has 35 heavy (non-hydrogen) atoms. The minimum Gasteiger partial charge on any atom is -0.493 e.